The van der Waals surface area contributed by atoms with E-state index in [4.69, 9.17) is 0 Å². The summed E-state index contributed by atoms with van der Waals surface area (Å²) in [6.45, 7) is 2.19. The van der Waals surface area contributed by atoms with E-state index in [2.05, 4.69) is 10.6 Å². The molecule has 1 saturated heterocycles. The van der Waals surface area contributed by atoms with E-state index >= 15 is 0 Å². The number of urea groups is 1. The zero-order valence-electron chi connectivity index (χ0n) is 17.9. The molecular weight excluding hydrogens is 410 g/mol. The molecule has 3 amide bonds. The van der Waals surface area contributed by atoms with Gasteiger partial charge in [0.15, 0.2) is 0 Å². The largest absolute Gasteiger partial charge is 0.388 e. The van der Waals surface area contributed by atoms with Crippen LogP contribution in [0, 0.1) is 0 Å². The Bertz CT molecular complexity index is 879. The van der Waals surface area contributed by atoms with Gasteiger partial charge in [-0.1, -0.05) is 43.5 Å². The number of rotatable bonds is 4. The predicted molar refractivity (Wildman–Crippen MR) is 122 cm³/mol. The van der Waals surface area contributed by atoms with Crippen molar-refractivity contribution in [2.75, 3.05) is 6.54 Å². The zero-order chi connectivity index (χ0) is 21.8. The van der Waals surface area contributed by atoms with Crippen molar-refractivity contribution >= 4 is 23.3 Å². The van der Waals surface area contributed by atoms with Crippen LogP contribution in [0.2, 0.25) is 0 Å². The third-order valence-corrected chi connectivity index (χ3v) is 7.47. The molecule has 1 aliphatic heterocycles. The van der Waals surface area contributed by atoms with Gasteiger partial charge < -0.3 is 20.6 Å². The molecule has 1 aromatic carbocycles. The van der Waals surface area contributed by atoms with Crippen molar-refractivity contribution in [1.82, 2.24) is 15.5 Å². The topological polar surface area (TPSA) is 81.7 Å². The number of aliphatic hydroxyl groups is 1. The van der Waals surface area contributed by atoms with Crippen molar-refractivity contribution < 1.29 is 14.7 Å². The Morgan fingerprint density at radius 3 is 2.48 bits per heavy atom. The van der Waals surface area contributed by atoms with E-state index in [9.17, 15) is 14.7 Å². The average molecular weight is 442 g/mol. The summed E-state index contributed by atoms with van der Waals surface area (Å²) in [5.41, 5.74) is -0.604. The van der Waals surface area contributed by atoms with E-state index in [-0.39, 0.29) is 18.0 Å². The van der Waals surface area contributed by atoms with Crippen molar-refractivity contribution in [1.29, 1.82) is 0 Å². The molecule has 3 unspecified atom stereocenters. The van der Waals surface area contributed by atoms with Crippen LogP contribution in [-0.2, 0) is 0 Å². The van der Waals surface area contributed by atoms with Gasteiger partial charge in [0.25, 0.3) is 5.91 Å². The first-order chi connectivity index (χ1) is 15.0. The second kappa shape index (κ2) is 9.40. The molecule has 0 bridgehead atoms. The molecule has 2 fully saturated rings. The Kier molecular flexibility index (Phi) is 6.62. The van der Waals surface area contributed by atoms with Crippen LogP contribution in [0.5, 0.6) is 0 Å². The number of benzene rings is 1. The summed E-state index contributed by atoms with van der Waals surface area (Å²) < 4.78 is 0. The van der Waals surface area contributed by atoms with Gasteiger partial charge in [0.05, 0.1) is 17.7 Å². The van der Waals surface area contributed by atoms with Crippen LogP contribution >= 0.6 is 11.3 Å². The quantitative estimate of drug-likeness (QED) is 0.669. The van der Waals surface area contributed by atoms with E-state index in [1.165, 1.54) is 17.8 Å². The van der Waals surface area contributed by atoms with Gasteiger partial charge in [-0.15, -0.1) is 11.3 Å². The molecule has 31 heavy (non-hydrogen) atoms. The van der Waals surface area contributed by atoms with Crippen molar-refractivity contribution in [3.8, 4) is 0 Å². The van der Waals surface area contributed by atoms with Crippen LogP contribution in [0.1, 0.15) is 66.7 Å². The number of hydrogen-bond donors (Lipinski definition) is 3. The van der Waals surface area contributed by atoms with E-state index < -0.39 is 17.7 Å². The Morgan fingerprint density at radius 1 is 1.06 bits per heavy atom. The number of piperidine rings is 1. The Hall–Kier alpha value is -2.38. The summed E-state index contributed by atoms with van der Waals surface area (Å²) in [6, 6.07) is 11.9. The van der Waals surface area contributed by atoms with Gasteiger partial charge in [-0.25, -0.2) is 4.79 Å². The van der Waals surface area contributed by atoms with E-state index in [1.807, 2.05) is 35.7 Å². The summed E-state index contributed by atoms with van der Waals surface area (Å²) >= 11 is 1.54. The van der Waals surface area contributed by atoms with Gasteiger partial charge in [0.2, 0.25) is 0 Å². The van der Waals surface area contributed by atoms with Crippen molar-refractivity contribution in [3.63, 3.8) is 0 Å². The lowest BCUT2D eigenvalue weighted by Gasteiger charge is -2.48. The molecule has 0 spiro atoms. The third kappa shape index (κ3) is 4.93. The zero-order valence-corrected chi connectivity index (χ0v) is 18.7. The highest BCUT2D eigenvalue weighted by atomic mass is 32.1. The number of nitrogens with one attached hydrogen (secondary N) is 2. The highest BCUT2D eigenvalue weighted by Crippen LogP contribution is 2.39. The number of carbonyl (C=O) groups is 2. The molecule has 1 aromatic heterocycles. The second-order valence-electron chi connectivity index (χ2n) is 8.86. The van der Waals surface area contributed by atoms with Gasteiger partial charge in [-0.2, -0.15) is 0 Å². The molecule has 1 aliphatic carbocycles. The van der Waals surface area contributed by atoms with Gasteiger partial charge >= 0.3 is 6.03 Å². The standard InChI is InChI=1S/C24H31N3O3S/c1-24(30)14-15-27(23(29)25-18-11-6-3-7-12-18)20(19-13-8-16-31-19)21(24)26-22(28)17-9-4-2-5-10-17/h2,4-5,8-10,13,16,18,20-21,30H,3,6-7,11-12,14-15H2,1H3,(H,25,29)(H,26,28). The molecule has 166 valence electrons. The monoisotopic (exact) mass is 441 g/mol. The summed E-state index contributed by atoms with van der Waals surface area (Å²) in [5.74, 6) is -0.248. The molecular formula is C24H31N3O3S. The molecule has 2 aliphatic rings. The normalized spacial score (nSPS) is 27.0. The van der Waals surface area contributed by atoms with Crippen LogP contribution < -0.4 is 10.6 Å². The van der Waals surface area contributed by atoms with Gasteiger partial charge in [-0.3, -0.25) is 4.79 Å². The van der Waals surface area contributed by atoms with Gasteiger partial charge in [0.1, 0.15) is 0 Å². The maximum atomic E-state index is 13.3. The van der Waals surface area contributed by atoms with Gasteiger partial charge in [-0.05, 0) is 49.8 Å². The van der Waals surface area contributed by atoms with Crippen LogP contribution in [0.3, 0.4) is 0 Å². The summed E-state index contributed by atoms with van der Waals surface area (Å²) in [6.07, 6.45) is 5.93. The first-order valence-electron chi connectivity index (χ1n) is 11.1. The Morgan fingerprint density at radius 2 is 1.81 bits per heavy atom. The molecule has 7 heteroatoms. The van der Waals surface area contributed by atoms with E-state index in [0.29, 0.717) is 18.5 Å². The fraction of sp³-hybridized carbons (Fsp3) is 0.500. The average Bonchev–Trinajstić information content (AvgIpc) is 3.30. The van der Waals surface area contributed by atoms with Crippen molar-refractivity contribution in [2.24, 2.45) is 0 Å². The van der Waals surface area contributed by atoms with Crippen LogP contribution in [0.4, 0.5) is 4.79 Å². The molecule has 2 aromatic rings. The van der Waals surface area contributed by atoms with E-state index in [0.717, 1.165) is 30.6 Å². The second-order valence-corrected chi connectivity index (χ2v) is 9.84. The van der Waals surface area contributed by atoms with Gasteiger partial charge in [0, 0.05) is 23.0 Å². The fourth-order valence-corrected chi connectivity index (χ4v) is 5.59. The minimum Gasteiger partial charge on any atom is -0.388 e. The van der Waals surface area contributed by atoms with E-state index in [1.54, 1.807) is 24.0 Å². The third-order valence-electron chi connectivity index (χ3n) is 6.53. The number of amides is 3. The molecule has 0 radical (unpaired) electrons. The fourth-order valence-electron chi connectivity index (χ4n) is 4.72. The summed E-state index contributed by atoms with van der Waals surface area (Å²) in [5, 5.41) is 19.5. The van der Waals surface area contributed by atoms with Crippen molar-refractivity contribution in [3.05, 3.63) is 58.3 Å². The minimum absolute atomic E-state index is 0.111. The minimum atomic E-state index is -1.14. The Balaban J connectivity index is 1.60. The highest BCUT2D eigenvalue weighted by molar-refractivity contribution is 7.10. The number of likely N-dealkylation sites (tertiary alicyclic amines) is 1. The summed E-state index contributed by atoms with van der Waals surface area (Å²) in [4.78, 5) is 29.0. The maximum absolute atomic E-state index is 13.3. The maximum Gasteiger partial charge on any atom is 0.318 e. The SMILES string of the molecule is CC1(O)CCN(C(=O)NC2CCCCC2)C(c2cccs2)C1NC(=O)c1ccccc1. The van der Waals surface area contributed by atoms with Crippen LogP contribution in [-0.4, -0.2) is 46.2 Å². The predicted octanol–water partition coefficient (Wildman–Crippen LogP) is 4.09. The molecule has 3 N–H and O–H groups in total. The number of thiophene rings is 1. The smallest absolute Gasteiger partial charge is 0.318 e. The van der Waals surface area contributed by atoms with Crippen LogP contribution in [0.25, 0.3) is 0 Å². The number of hydrogen-bond acceptors (Lipinski definition) is 4. The number of nitrogens with zero attached hydrogens (tertiary/aromatic N) is 1. The first kappa shape index (κ1) is 21.8. The molecule has 6 nitrogen and oxygen atoms in total. The lowest BCUT2D eigenvalue weighted by Crippen LogP contribution is -2.64. The lowest BCUT2D eigenvalue weighted by molar-refractivity contribution is -0.0506. The molecule has 3 atom stereocenters. The Labute approximate surface area is 187 Å². The summed E-state index contributed by atoms with van der Waals surface area (Å²) in [7, 11) is 0. The molecule has 4 rings (SSSR count). The van der Waals surface area contributed by atoms with Crippen molar-refractivity contribution in [2.45, 2.75) is 69.2 Å². The number of carbonyl (C=O) groups excluding carboxylic acids is 2. The first-order valence-corrected chi connectivity index (χ1v) is 12.0. The highest BCUT2D eigenvalue weighted by Gasteiger charge is 2.48. The molecule has 2 heterocycles. The lowest BCUT2D eigenvalue weighted by atomic mass is 9.81. The molecule has 1 saturated carbocycles. The van der Waals surface area contributed by atoms with Crippen LogP contribution in [0.15, 0.2) is 47.8 Å².